The van der Waals surface area contributed by atoms with E-state index in [1.807, 2.05) is 0 Å². The number of halogens is 2. The molecule has 0 aliphatic rings. The van der Waals surface area contributed by atoms with E-state index < -0.39 is 8.07 Å². The first-order valence-corrected chi connectivity index (χ1v) is 8.60. The van der Waals surface area contributed by atoms with Crippen LogP contribution in [0.4, 0.5) is 0 Å². The fourth-order valence-corrected chi connectivity index (χ4v) is 3.35. The quantitative estimate of drug-likeness (QED) is 0.411. The van der Waals surface area contributed by atoms with Crippen LogP contribution in [0.3, 0.4) is 0 Å². The third-order valence-corrected chi connectivity index (χ3v) is 4.43. The molecule has 0 spiro atoms. The van der Waals surface area contributed by atoms with E-state index >= 15 is 0 Å². The van der Waals surface area contributed by atoms with Crippen LogP contribution in [0.2, 0.25) is 19.1 Å². The van der Waals surface area contributed by atoms with Gasteiger partial charge >= 0.3 is 0 Å². The zero-order chi connectivity index (χ0) is 8.74. The molecule has 0 bridgehead atoms. The Morgan fingerprint density at radius 1 is 1.45 bits per heavy atom. The molecule has 0 aliphatic carbocycles. The molecule has 0 rings (SSSR count). The molecule has 0 N–H and O–H groups in total. The lowest BCUT2D eigenvalue weighted by atomic mass is 10.6. The summed E-state index contributed by atoms with van der Waals surface area (Å²) in [6.45, 7) is 4.57. The highest BCUT2D eigenvalue weighted by molar-refractivity contribution is 9.09. The van der Waals surface area contributed by atoms with Gasteiger partial charge in [0.2, 0.25) is 0 Å². The first-order valence-electron chi connectivity index (χ1n) is 3.74. The minimum Gasteiger partial charge on any atom is -0.131 e. The van der Waals surface area contributed by atoms with Gasteiger partial charge in [-0.05, 0) is 12.5 Å². The van der Waals surface area contributed by atoms with Crippen molar-refractivity contribution in [1.29, 1.82) is 0 Å². The molecule has 0 heterocycles. The van der Waals surface area contributed by atoms with Crippen LogP contribution < -0.4 is 0 Å². The molecule has 0 unspecified atom stereocenters. The average Bonchev–Trinajstić information content (AvgIpc) is 1.97. The molecule has 0 aliphatic heterocycles. The molecule has 0 fully saturated rings. The van der Waals surface area contributed by atoms with Crippen LogP contribution in [-0.4, -0.2) is 19.3 Å². The van der Waals surface area contributed by atoms with Gasteiger partial charge < -0.3 is 0 Å². The minimum absolute atomic E-state index is 0.770. The first kappa shape index (κ1) is 11.5. The second kappa shape index (κ2) is 6.11. The van der Waals surface area contributed by atoms with Gasteiger partial charge in [-0.2, -0.15) is 0 Å². The summed E-state index contributed by atoms with van der Waals surface area (Å²) in [5.41, 5.74) is 3.33. The Morgan fingerprint density at radius 2 is 2.09 bits per heavy atom. The van der Waals surface area contributed by atoms with Crippen LogP contribution in [0, 0.1) is 11.5 Å². The topological polar surface area (TPSA) is 0 Å². The maximum Gasteiger partial charge on any atom is 0.132 e. The number of rotatable bonds is 3. The highest BCUT2D eigenvalue weighted by atomic mass is 79.9. The number of hydrogen-bond acceptors (Lipinski definition) is 0. The monoisotopic (exact) mass is 252 g/mol. The lowest BCUT2D eigenvalue weighted by molar-refractivity contribution is 1.06. The summed E-state index contributed by atoms with van der Waals surface area (Å²) in [4.78, 5) is 0. The van der Waals surface area contributed by atoms with Gasteiger partial charge in [0, 0.05) is 5.88 Å². The van der Waals surface area contributed by atoms with Crippen molar-refractivity contribution in [3.63, 3.8) is 0 Å². The molecule has 11 heavy (non-hydrogen) atoms. The van der Waals surface area contributed by atoms with Crippen LogP contribution >= 0.6 is 27.5 Å². The van der Waals surface area contributed by atoms with Crippen LogP contribution in [0.5, 0.6) is 0 Å². The van der Waals surface area contributed by atoms with Gasteiger partial charge in [0.05, 0.1) is 5.33 Å². The van der Waals surface area contributed by atoms with Gasteiger partial charge in [0.25, 0.3) is 0 Å². The predicted molar refractivity (Wildman–Crippen MR) is 59.2 cm³/mol. The van der Waals surface area contributed by atoms with Crippen molar-refractivity contribution >= 4 is 35.6 Å². The third-order valence-electron chi connectivity index (χ3n) is 1.43. The Balaban J connectivity index is 3.79. The third kappa shape index (κ3) is 6.93. The van der Waals surface area contributed by atoms with Crippen LogP contribution in [0.15, 0.2) is 0 Å². The highest BCUT2D eigenvalue weighted by Gasteiger charge is 2.16. The van der Waals surface area contributed by atoms with E-state index in [0.29, 0.717) is 0 Å². The van der Waals surface area contributed by atoms with Crippen LogP contribution in [0.1, 0.15) is 6.42 Å². The van der Waals surface area contributed by atoms with Crippen molar-refractivity contribution in [2.24, 2.45) is 0 Å². The Kier molecular flexibility index (Phi) is 6.41. The number of hydrogen-bond donors (Lipinski definition) is 0. The van der Waals surface area contributed by atoms with Gasteiger partial charge in [0.1, 0.15) is 8.07 Å². The lowest BCUT2D eigenvalue weighted by Crippen LogP contribution is -2.23. The largest absolute Gasteiger partial charge is 0.132 e. The van der Waals surface area contributed by atoms with Gasteiger partial charge in [-0.25, -0.2) is 0 Å². The van der Waals surface area contributed by atoms with E-state index in [2.05, 4.69) is 40.5 Å². The van der Waals surface area contributed by atoms with E-state index in [9.17, 15) is 0 Å². The fraction of sp³-hybridized carbons (Fsp3) is 0.750. The van der Waals surface area contributed by atoms with Crippen molar-refractivity contribution in [3.8, 4) is 11.5 Å². The summed E-state index contributed by atoms with van der Waals surface area (Å²) in [5.74, 6) is 3.85. The summed E-state index contributed by atoms with van der Waals surface area (Å²) in [5, 5.41) is 0.796. The van der Waals surface area contributed by atoms with Crippen molar-refractivity contribution in [3.05, 3.63) is 0 Å². The van der Waals surface area contributed by atoms with Crippen molar-refractivity contribution in [2.75, 3.05) is 11.2 Å². The van der Waals surface area contributed by atoms with E-state index in [-0.39, 0.29) is 0 Å². The molecule has 0 saturated heterocycles. The number of alkyl halides is 2. The maximum atomic E-state index is 5.61. The van der Waals surface area contributed by atoms with Gasteiger partial charge in [-0.3, -0.25) is 0 Å². The van der Waals surface area contributed by atoms with E-state index in [4.69, 9.17) is 11.6 Å². The Bertz CT molecular complexity index is 157. The standard InChI is InChI=1S/C8H14BrClSi/c1-11(2,7-3-5-9)8-4-6-10/h4-6,8H2,1-2H3. The van der Waals surface area contributed by atoms with Gasteiger partial charge in [-0.1, -0.05) is 34.9 Å². The molecule has 0 atom stereocenters. The SMILES string of the molecule is C[Si](C)(C#CCBr)CCCCl. The van der Waals surface area contributed by atoms with Crippen molar-refractivity contribution in [2.45, 2.75) is 25.6 Å². The zero-order valence-electron chi connectivity index (χ0n) is 7.08. The summed E-state index contributed by atoms with van der Waals surface area (Å²) in [6.07, 6.45) is 1.11. The van der Waals surface area contributed by atoms with Gasteiger partial charge in [0.15, 0.2) is 0 Å². The molecule has 0 saturated carbocycles. The van der Waals surface area contributed by atoms with E-state index in [0.717, 1.165) is 17.6 Å². The van der Waals surface area contributed by atoms with Crippen molar-refractivity contribution < 1.29 is 0 Å². The molecule has 0 amide bonds. The summed E-state index contributed by atoms with van der Waals surface area (Å²) in [7, 11) is -1.22. The average molecular weight is 254 g/mol. The molecule has 0 nitrogen and oxygen atoms in total. The second-order valence-corrected chi connectivity index (χ2v) is 8.57. The predicted octanol–water partition coefficient (Wildman–Crippen LogP) is 3.26. The molecule has 0 aromatic carbocycles. The summed E-state index contributed by atoms with van der Waals surface area (Å²) < 4.78 is 0. The smallest absolute Gasteiger partial charge is 0.131 e. The molecular weight excluding hydrogens is 240 g/mol. The van der Waals surface area contributed by atoms with E-state index in [1.54, 1.807) is 0 Å². The molecule has 0 aromatic heterocycles. The first-order chi connectivity index (χ1) is 5.12. The minimum atomic E-state index is -1.22. The molecule has 3 heteroatoms. The normalized spacial score (nSPS) is 10.5. The second-order valence-electron chi connectivity index (χ2n) is 3.11. The molecular formula is C8H14BrClSi. The Hall–Kier alpha value is 0.547. The lowest BCUT2D eigenvalue weighted by Gasteiger charge is -2.12. The summed E-state index contributed by atoms with van der Waals surface area (Å²) in [6, 6.07) is 1.22. The highest BCUT2D eigenvalue weighted by Crippen LogP contribution is 2.10. The fourth-order valence-electron chi connectivity index (χ4n) is 0.844. The molecule has 0 aromatic rings. The van der Waals surface area contributed by atoms with Crippen molar-refractivity contribution in [1.82, 2.24) is 0 Å². The van der Waals surface area contributed by atoms with E-state index in [1.165, 1.54) is 6.04 Å². The molecule has 64 valence electrons. The maximum absolute atomic E-state index is 5.61. The summed E-state index contributed by atoms with van der Waals surface area (Å²) >= 11 is 8.90. The van der Waals surface area contributed by atoms with Crippen LogP contribution in [-0.2, 0) is 0 Å². The Morgan fingerprint density at radius 3 is 2.55 bits per heavy atom. The van der Waals surface area contributed by atoms with Crippen LogP contribution in [0.25, 0.3) is 0 Å². The zero-order valence-corrected chi connectivity index (χ0v) is 10.4. The molecule has 0 radical (unpaired) electrons. The Labute approximate surface area is 83.8 Å². The van der Waals surface area contributed by atoms with Gasteiger partial charge in [-0.15, -0.1) is 17.1 Å².